The Morgan fingerprint density at radius 1 is 1.04 bits per heavy atom. The minimum absolute atomic E-state index is 0.0497. The molecular formula is C19H28N4O3S. The van der Waals surface area contributed by atoms with E-state index in [4.69, 9.17) is 4.74 Å². The Kier molecular flexibility index (Phi) is 6.04. The topological polar surface area (TPSA) is 66.0 Å². The number of nitrogens with zero attached hydrogens (tertiary/aromatic N) is 4. The molecule has 4 rings (SSSR count). The Balaban J connectivity index is 1.29. The van der Waals surface area contributed by atoms with Crippen LogP contribution < -0.4 is 0 Å². The summed E-state index contributed by atoms with van der Waals surface area (Å²) in [6, 6.07) is 0.477. The molecule has 3 aliphatic heterocycles. The van der Waals surface area contributed by atoms with Crippen molar-refractivity contribution in [3.8, 4) is 0 Å². The van der Waals surface area contributed by atoms with Crippen LogP contribution in [0.3, 0.4) is 0 Å². The predicted octanol–water partition coefficient (Wildman–Crippen LogP) is 1.32. The summed E-state index contributed by atoms with van der Waals surface area (Å²) in [5.41, 5.74) is 2.27. The average Bonchev–Trinajstić information content (AvgIpc) is 3.28. The van der Waals surface area contributed by atoms with E-state index in [0.717, 1.165) is 65.0 Å². The Bertz CT molecular complexity index is 639. The first-order chi connectivity index (χ1) is 13.2. The van der Waals surface area contributed by atoms with Crippen LogP contribution in [0.4, 0.5) is 0 Å². The molecule has 1 unspecified atom stereocenters. The molecule has 1 aromatic rings. The molecular weight excluding hydrogens is 364 g/mol. The summed E-state index contributed by atoms with van der Waals surface area (Å²) in [5.74, 6) is 0.472. The largest absolute Gasteiger partial charge is 0.378 e. The third-order valence-electron chi connectivity index (χ3n) is 6.04. The fraction of sp³-hybridized carbons (Fsp3) is 0.737. The summed E-state index contributed by atoms with van der Waals surface area (Å²) < 4.78 is 5.37. The van der Waals surface area contributed by atoms with Crippen molar-refractivity contribution in [2.45, 2.75) is 31.7 Å². The molecule has 8 heteroatoms. The van der Waals surface area contributed by atoms with E-state index in [1.54, 1.807) is 5.51 Å². The van der Waals surface area contributed by atoms with Gasteiger partial charge in [-0.15, -0.1) is 11.3 Å². The van der Waals surface area contributed by atoms with Crippen LogP contribution in [0.2, 0.25) is 0 Å². The Hall–Kier alpha value is -1.51. The lowest BCUT2D eigenvalue weighted by Gasteiger charge is -2.43. The molecule has 27 heavy (non-hydrogen) atoms. The van der Waals surface area contributed by atoms with Crippen LogP contribution in [0.25, 0.3) is 0 Å². The van der Waals surface area contributed by atoms with Gasteiger partial charge in [-0.3, -0.25) is 14.5 Å². The lowest BCUT2D eigenvalue weighted by Crippen LogP contribution is -2.53. The minimum atomic E-state index is 0.0497. The fourth-order valence-electron chi connectivity index (χ4n) is 4.50. The smallest absolute Gasteiger partial charge is 0.273 e. The number of rotatable bonds is 3. The molecule has 2 amide bonds. The lowest BCUT2D eigenvalue weighted by molar-refractivity contribution is -0.141. The maximum Gasteiger partial charge on any atom is 0.273 e. The summed E-state index contributed by atoms with van der Waals surface area (Å²) in [6.45, 7) is 6.26. The zero-order valence-electron chi connectivity index (χ0n) is 15.7. The van der Waals surface area contributed by atoms with Gasteiger partial charge >= 0.3 is 0 Å². The van der Waals surface area contributed by atoms with Crippen LogP contribution >= 0.6 is 11.3 Å². The van der Waals surface area contributed by atoms with Gasteiger partial charge in [-0.05, 0) is 32.2 Å². The van der Waals surface area contributed by atoms with Gasteiger partial charge in [-0.2, -0.15) is 0 Å². The SMILES string of the molecule is O=C(c1cscn1)N1CCC(N2CCCC(C(=O)N3CCOCC3)C2)CC1. The zero-order chi connectivity index (χ0) is 18.6. The van der Waals surface area contributed by atoms with Crippen LogP contribution in [-0.4, -0.2) is 90.0 Å². The van der Waals surface area contributed by atoms with Crippen molar-refractivity contribution in [1.82, 2.24) is 19.7 Å². The van der Waals surface area contributed by atoms with Crippen LogP contribution in [0.15, 0.2) is 10.9 Å². The van der Waals surface area contributed by atoms with E-state index in [-0.39, 0.29) is 11.8 Å². The van der Waals surface area contributed by atoms with Gasteiger partial charge in [0.1, 0.15) is 5.69 Å². The highest BCUT2D eigenvalue weighted by molar-refractivity contribution is 7.07. The third-order valence-corrected chi connectivity index (χ3v) is 6.63. The van der Waals surface area contributed by atoms with E-state index in [1.807, 2.05) is 15.2 Å². The molecule has 7 nitrogen and oxygen atoms in total. The van der Waals surface area contributed by atoms with E-state index < -0.39 is 0 Å². The van der Waals surface area contributed by atoms with Crippen molar-refractivity contribution in [1.29, 1.82) is 0 Å². The highest BCUT2D eigenvalue weighted by Gasteiger charge is 2.34. The van der Waals surface area contributed by atoms with Crippen molar-refractivity contribution < 1.29 is 14.3 Å². The Morgan fingerprint density at radius 3 is 2.52 bits per heavy atom. The number of thiazole rings is 1. The van der Waals surface area contributed by atoms with Gasteiger partial charge in [0.25, 0.3) is 5.91 Å². The number of likely N-dealkylation sites (tertiary alicyclic amines) is 2. The Morgan fingerprint density at radius 2 is 1.81 bits per heavy atom. The van der Waals surface area contributed by atoms with Gasteiger partial charge < -0.3 is 14.5 Å². The minimum Gasteiger partial charge on any atom is -0.378 e. The van der Waals surface area contributed by atoms with Gasteiger partial charge in [0.2, 0.25) is 5.91 Å². The highest BCUT2D eigenvalue weighted by Crippen LogP contribution is 2.26. The average molecular weight is 393 g/mol. The number of hydrogen-bond donors (Lipinski definition) is 0. The Labute approximate surface area is 164 Å². The number of ether oxygens (including phenoxy) is 1. The monoisotopic (exact) mass is 392 g/mol. The van der Waals surface area contributed by atoms with Crippen LogP contribution in [0, 0.1) is 5.92 Å². The fourth-order valence-corrected chi connectivity index (χ4v) is 5.02. The zero-order valence-corrected chi connectivity index (χ0v) is 16.5. The maximum atomic E-state index is 12.8. The van der Waals surface area contributed by atoms with Gasteiger partial charge in [0.15, 0.2) is 0 Å². The van der Waals surface area contributed by atoms with Crippen molar-refractivity contribution in [2.75, 3.05) is 52.5 Å². The number of amides is 2. The van der Waals surface area contributed by atoms with E-state index in [0.29, 0.717) is 30.9 Å². The first-order valence-corrected chi connectivity index (χ1v) is 10.9. The highest BCUT2D eigenvalue weighted by atomic mass is 32.1. The molecule has 0 saturated carbocycles. The quantitative estimate of drug-likeness (QED) is 0.776. The third kappa shape index (κ3) is 4.33. The lowest BCUT2D eigenvalue weighted by atomic mass is 9.92. The molecule has 0 spiro atoms. The molecule has 0 bridgehead atoms. The second-order valence-electron chi connectivity index (χ2n) is 7.67. The van der Waals surface area contributed by atoms with Crippen LogP contribution in [0.1, 0.15) is 36.2 Å². The molecule has 1 atom stereocenters. The van der Waals surface area contributed by atoms with Crippen molar-refractivity contribution in [3.63, 3.8) is 0 Å². The predicted molar refractivity (Wildman–Crippen MR) is 103 cm³/mol. The molecule has 148 valence electrons. The summed E-state index contributed by atoms with van der Waals surface area (Å²) in [7, 11) is 0. The van der Waals surface area contributed by atoms with E-state index in [2.05, 4.69) is 9.88 Å². The molecule has 3 fully saturated rings. The van der Waals surface area contributed by atoms with Gasteiger partial charge in [0, 0.05) is 44.1 Å². The molecule has 3 aliphatic rings. The van der Waals surface area contributed by atoms with Crippen molar-refractivity contribution >= 4 is 23.2 Å². The van der Waals surface area contributed by atoms with Crippen molar-refractivity contribution in [3.05, 3.63) is 16.6 Å². The number of morpholine rings is 1. The second kappa shape index (κ2) is 8.67. The van der Waals surface area contributed by atoms with E-state index >= 15 is 0 Å². The first-order valence-electron chi connectivity index (χ1n) is 10.0. The van der Waals surface area contributed by atoms with Gasteiger partial charge in [-0.1, -0.05) is 0 Å². The summed E-state index contributed by atoms with van der Waals surface area (Å²) in [4.78, 5) is 35.8. The van der Waals surface area contributed by atoms with Gasteiger partial charge in [0.05, 0.1) is 24.6 Å². The van der Waals surface area contributed by atoms with E-state index in [1.165, 1.54) is 11.3 Å². The first kappa shape index (κ1) is 18.8. The number of piperidine rings is 2. The summed E-state index contributed by atoms with van der Waals surface area (Å²) in [5, 5.41) is 1.82. The van der Waals surface area contributed by atoms with Crippen LogP contribution in [0.5, 0.6) is 0 Å². The molecule has 0 aliphatic carbocycles. The number of aromatic nitrogens is 1. The molecule has 1 aromatic heterocycles. The standard InChI is InChI=1S/C19H28N4O3S/c24-18(22-8-10-26-11-9-22)15-2-1-5-23(12-15)16-3-6-21(7-4-16)19(25)17-13-27-14-20-17/h13-16H,1-12H2. The normalized spacial score (nSPS) is 25.6. The van der Waals surface area contributed by atoms with Crippen molar-refractivity contribution in [2.24, 2.45) is 5.92 Å². The molecule has 0 radical (unpaired) electrons. The number of hydrogen-bond acceptors (Lipinski definition) is 6. The molecule has 0 N–H and O–H groups in total. The van der Waals surface area contributed by atoms with E-state index in [9.17, 15) is 9.59 Å². The molecule has 0 aromatic carbocycles. The number of carbonyl (C=O) groups excluding carboxylic acids is 2. The molecule has 4 heterocycles. The summed E-state index contributed by atoms with van der Waals surface area (Å²) >= 11 is 1.46. The van der Waals surface area contributed by atoms with Crippen LogP contribution in [-0.2, 0) is 9.53 Å². The molecule has 3 saturated heterocycles. The number of carbonyl (C=O) groups is 2. The second-order valence-corrected chi connectivity index (χ2v) is 8.39. The van der Waals surface area contributed by atoms with Gasteiger partial charge in [-0.25, -0.2) is 4.98 Å². The maximum absolute atomic E-state index is 12.8. The summed E-state index contributed by atoms with van der Waals surface area (Å²) in [6.07, 6.45) is 4.04.